The molecule has 1 atom stereocenters. The maximum absolute atomic E-state index is 13.5. The van der Waals surface area contributed by atoms with E-state index in [2.05, 4.69) is 21.2 Å². The second-order valence-electron chi connectivity index (χ2n) is 4.46. The number of nitrogens with zero attached hydrogens (tertiary/aromatic N) is 1. The van der Waals surface area contributed by atoms with Crippen LogP contribution in [0.3, 0.4) is 0 Å². The number of hydrogen-bond acceptors (Lipinski definition) is 3. The minimum absolute atomic E-state index is 0. The van der Waals surface area contributed by atoms with Crippen molar-refractivity contribution in [2.75, 3.05) is 25.0 Å². The Morgan fingerprint density at radius 3 is 2.89 bits per heavy atom. The van der Waals surface area contributed by atoms with Crippen LogP contribution >= 0.6 is 28.3 Å². The van der Waals surface area contributed by atoms with E-state index in [1.54, 1.807) is 6.07 Å². The molecule has 1 fully saturated rings. The highest BCUT2D eigenvalue weighted by Crippen LogP contribution is 2.19. The monoisotopic (exact) mass is 351 g/mol. The van der Waals surface area contributed by atoms with E-state index in [-0.39, 0.29) is 36.6 Å². The molecule has 1 saturated heterocycles. The van der Waals surface area contributed by atoms with E-state index < -0.39 is 5.82 Å². The lowest BCUT2D eigenvalue weighted by atomic mass is 10.3. The van der Waals surface area contributed by atoms with E-state index in [9.17, 15) is 9.18 Å². The summed E-state index contributed by atoms with van der Waals surface area (Å²) in [5.41, 5.74) is 5.96. The van der Waals surface area contributed by atoms with Gasteiger partial charge in [0, 0.05) is 23.6 Å². The first-order chi connectivity index (χ1) is 8.54. The summed E-state index contributed by atoms with van der Waals surface area (Å²) in [4.78, 5) is 13.7. The van der Waals surface area contributed by atoms with Crippen LogP contribution in [0.25, 0.3) is 0 Å². The lowest BCUT2D eigenvalue weighted by molar-refractivity contribution is -0.117. The molecule has 1 aliphatic rings. The van der Waals surface area contributed by atoms with Gasteiger partial charge in [-0.25, -0.2) is 4.39 Å². The van der Waals surface area contributed by atoms with Gasteiger partial charge >= 0.3 is 0 Å². The number of anilines is 1. The first-order valence-electron chi connectivity index (χ1n) is 5.77. The Bertz CT molecular complexity index is 461. The smallest absolute Gasteiger partial charge is 0.238 e. The van der Waals surface area contributed by atoms with Crippen LogP contribution in [0.4, 0.5) is 10.1 Å². The van der Waals surface area contributed by atoms with E-state index in [1.165, 1.54) is 12.1 Å². The van der Waals surface area contributed by atoms with Crippen molar-refractivity contribution in [1.82, 2.24) is 4.90 Å². The molecule has 1 heterocycles. The fourth-order valence-corrected chi connectivity index (χ4v) is 2.32. The average Bonchev–Trinajstić information content (AvgIpc) is 2.68. The Labute approximate surface area is 126 Å². The molecule has 1 unspecified atom stereocenters. The van der Waals surface area contributed by atoms with Crippen LogP contribution in [-0.4, -0.2) is 36.5 Å². The molecule has 0 radical (unpaired) electrons. The molecule has 1 aliphatic heterocycles. The Morgan fingerprint density at radius 2 is 2.32 bits per heavy atom. The van der Waals surface area contributed by atoms with Gasteiger partial charge in [0.15, 0.2) is 0 Å². The van der Waals surface area contributed by atoms with Gasteiger partial charge in [0.1, 0.15) is 5.82 Å². The van der Waals surface area contributed by atoms with Gasteiger partial charge in [-0.05, 0) is 24.6 Å². The molecule has 0 bridgehead atoms. The van der Waals surface area contributed by atoms with Gasteiger partial charge in [0.05, 0.1) is 12.2 Å². The third kappa shape index (κ3) is 4.72. The second kappa shape index (κ2) is 7.19. The summed E-state index contributed by atoms with van der Waals surface area (Å²) in [6.45, 7) is 1.79. The zero-order valence-electron chi connectivity index (χ0n) is 10.2. The fourth-order valence-electron chi connectivity index (χ4n) is 1.99. The van der Waals surface area contributed by atoms with Crippen molar-refractivity contribution in [2.45, 2.75) is 12.5 Å². The van der Waals surface area contributed by atoms with Crippen LogP contribution in [0.5, 0.6) is 0 Å². The predicted molar refractivity (Wildman–Crippen MR) is 79.0 cm³/mol. The van der Waals surface area contributed by atoms with E-state index in [4.69, 9.17) is 5.73 Å². The van der Waals surface area contributed by atoms with E-state index in [0.29, 0.717) is 4.47 Å². The van der Waals surface area contributed by atoms with Gasteiger partial charge in [-0.1, -0.05) is 15.9 Å². The minimum atomic E-state index is -0.448. The Kier molecular flexibility index (Phi) is 6.19. The van der Waals surface area contributed by atoms with Gasteiger partial charge in [-0.15, -0.1) is 12.4 Å². The van der Waals surface area contributed by atoms with Crippen molar-refractivity contribution >= 4 is 39.9 Å². The number of hydrogen-bond donors (Lipinski definition) is 2. The molecule has 19 heavy (non-hydrogen) atoms. The molecule has 1 aromatic rings. The summed E-state index contributed by atoms with van der Waals surface area (Å²) in [7, 11) is 0. The average molecular weight is 353 g/mol. The van der Waals surface area contributed by atoms with Crippen molar-refractivity contribution < 1.29 is 9.18 Å². The highest BCUT2D eigenvalue weighted by molar-refractivity contribution is 9.10. The summed E-state index contributed by atoms with van der Waals surface area (Å²) in [6, 6.07) is 4.68. The van der Waals surface area contributed by atoms with Crippen LogP contribution in [0.2, 0.25) is 0 Å². The Morgan fingerprint density at radius 1 is 1.58 bits per heavy atom. The van der Waals surface area contributed by atoms with Crippen molar-refractivity contribution in [3.63, 3.8) is 0 Å². The van der Waals surface area contributed by atoms with E-state index in [1.807, 2.05) is 4.90 Å². The number of nitrogens with two attached hydrogens (primary N) is 1. The van der Waals surface area contributed by atoms with Crippen molar-refractivity contribution in [2.24, 2.45) is 5.73 Å². The van der Waals surface area contributed by atoms with Gasteiger partial charge in [-0.2, -0.15) is 0 Å². The number of halogens is 3. The highest BCUT2D eigenvalue weighted by atomic mass is 79.9. The molecule has 0 saturated carbocycles. The van der Waals surface area contributed by atoms with Crippen molar-refractivity contribution in [3.8, 4) is 0 Å². The van der Waals surface area contributed by atoms with Crippen molar-refractivity contribution in [1.29, 1.82) is 0 Å². The number of nitrogens with one attached hydrogen (secondary N) is 1. The maximum Gasteiger partial charge on any atom is 0.238 e. The molecule has 1 amide bonds. The normalized spacial score (nSPS) is 19.0. The van der Waals surface area contributed by atoms with Gasteiger partial charge in [0.2, 0.25) is 5.91 Å². The maximum atomic E-state index is 13.5. The summed E-state index contributed by atoms with van der Waals surface area (Å²) >= 11 is 3.17. The zero-order valence-corrected chi connectivity index (χ0v) is 12.6. The molecule has 2 rings (SSSR count). The topological polar surface area (TPSA) is 58.4 Å². The zero-order chi connectivity index (χ0) is 13.1. The third-order valence-electron chi connectivity index (χ3n) is 2.88. The SMILES string of the molecule is Cl.NC1CCN(CC(=O)Nc2ccc(Br)cc2F)C1. The first kappa shape index (κ1) is 16.4. The summed E-state index contributed by atoms with van der Waals surface area (Å²) in [6.07, 6.45) is 0.903. The predicted octanol–water partition coefficient (Wildman–Crippen LogP) is 1.98. The lowest BCUT2D eigenvalue weighted by Crippen LogP contribution is -2.33. The molecule has 3 N–H and O–H groups in total. The highest BCUT2D eigenvalue weighted by Gasteiger charge is 2.21. The number of carbonyl (C=O) groups is 1. The van der Waals surface area contributed by atoms with Gasteiger partial charge < -0.3 is 11.1 Å². The summed E-state index contributed by atoms with van der Waals surface area (Å²) in [5, 5.41) is 2.56. The Hall–Kier alpha value is -0.690. The lowest BCUT2D eigenvalue weighted by Gasteiger charge is -2.14. The number of rotatable bonds is 3. The first-order valence-corrected chi connectivity index (χ1v) is 6.57. The van der Waals surface area contributed by atoms with Crippen LogP contribution in [0.15, 0.2) is 22.7 Å². The number of carbonyl (C=O) groups excluding carboxylic acids is 1. The fraction of sp³-hybridized carbons (Fsp3) is 0.417. The van der Waals surface area contributed by atoms with E-state index in [0.717, 1.165) is 19.5 Å². The molecule has 0 aliphatic carbocycles. The van der Waals surface area contributed by atoms with Crippen LogP contribution in [0, 0.1) is 5.82 Å². The minimum Gasteiger partial charge on any atom is -0.326 e. The van der Waals surface area contributed by atoms with Crippen LogP contribution in [0.1, 0.15) is 6.42 Å². The molecular formula is C12H16BrClFN3O. The molecule has 7 heteroatoms. The number of benzene rings is 1. The van der Waals surface area contributed by atoms with Crippen LogP contribution in [-0.2, 0) is 4.79 Å². The summed E-state index contributed by atoms with van der Waals surface area (Å²) < 4.78 is 14.2. The molecule has 4 nitrogen and oxygen atoms in total. The largest absolute Gasteiger partial charge is 0.326 e. The second-order valence-corrected chi connectivity index (χ2v) is 5.37. The molecule has 1 aromatic carbocycles. The van der Waals surface area contributed by atoms with Crippen LogP contribution < -0.4 is 11.1 Å². The number of amides is 1. The quantitative estimate of drug-likeness (QED) is 0.874. The van der Waals surface area contributed by atoms with Gasteiger partial charge in [-0.3, -0.25) is 9.69 Å². The van der Waals surface area contributed by atoms with Crippen molar-refractivity contribution in [3.05, 3.63) is 28.5 Å². The van der Waals surface area contributed by atoms with E-state index >= 15 is 0 Å². The number of likely N-dealkylation sites (tertiary alicyclic amines) is 1. The molecule has 0 aromatic heterocycles. The van der Waals surface area contributed by atoms with Gasteiger partial charge in [0.25, 0.3) is 0 Å². The Balaban J connectivity index is 0.00000180. The molecule has 0 spiro atoms. The summed E-state index contributed by atoms with van der Waals surface area (Å²) in [5.74, 6) is -0.666. The molecular weight excluding hydrogens is 337 g/mol. The third-order valence-corrected chi connectivity index (χ3v) is 3.37. The standard InChI is InChI=1S/C12H15BrFN3O.ClH/c13-8-1-2-11(10(14)5-8)16-12(18)7-17-4-3-9(15)6-17;/h1-2,5,9H,3-4,6-7,15H2,(H,16,18);1H. The molecule has 106 valence electrons.